The minimum atomic E-state index is -0.180. The number of hydrogen-bond acceptors (Lipinski definition) is 6. The summed E-state index contributed by atoms with van der Waals surface area (Å²) < 4.78 is 16.0. The molecule has 0 saturated heterocycles. The number of aryl methyl sites for hydroxylation is 1. The van der Waals surface area contributed by atoms with Gasteiger partial charge in [0.2, 0.25) is 11.7 Å². The van der Waals surface area contributed by atoms with Crippen molar-refractivity contribution in [1.29, 1.82) is 0 Å². The summed E-state index contributed by atoms with van der Waals surface area (Å²) in [6.07, 6.45) is 0.766. The van der Waals surface area contributed by atoms with E-state index in [2.05, 4.69) is 10.6 Å². The number of hydrogen-bond donors (Lipinski definition) is 2. The van der Waals surface area contributed by atoms with Gasteiger partial charge in [0.15, 0.2) is 11.5 Å². The van der Waals surface area contributed by atoms with Crippen molar-refractivity contribution in [2.75, 3.05) is 32.0 Å². The third-order valence-electron chi connectivity index (χ3n) is 4.51. The Bertz CT molecular complexity index is 1020. The lowest BCUT2D eigenvalue weighted by Crippen LogP contribution is -2.13. The van der Waals surface area contributed by atoms with Crippen molar-refractivity contribution in [3.05, 3.63) is 64.4 Å². The van der Waals surface area contributed by atoms with Gasteiger partial charge in [-0.15, -0.1) is 11.3 Å². The highest BCUT2D eigenvalue weighted by atomic mass is 32.1. The number of carbonyl (C=O) groups is 2. The Kier molecular flexibility index (Phi) is 7.50. The molecule has 3 aromatic rings. The first-order valence-corrected chi connectivity index (χ1v) is 10.5. The van der Waals surface area contributed by atoms with Gasteiger partial charge in [0, 0.05) is 17.8 Å². The van der Waals surface area contributed by atoms with Gasteiger partial charge in [0.05, 0.1) is 26.2 Å². The highest BCUT2D eigenvalue weighted by Gasteiger charge is 2.14. The van der Waals surface area contributed by atoms with Crippen LogP contribution >= 0.6 is 11.3 Å². The Morgan fingerprint density at radius 1 is 0.871 bits per heavy atom. The molecule has 3 rings (SSSR count). The van der Waals surface area contributed by atoms with Crippen molar-refractivity contribution in [3.63, 3.8) is 0 Å². The van der Waals surface area contributed by atoms with Gasteiger partial charge in [-0.1, -0.05) is 12.1 Å². The van der Waals surface area contributed by atoms with Gasteiger partial charge >= 0.3 is 0 Å². The van der Waals surface area contributed by atoms with E-state index in [0.717, 1.165) is 5.56 Å². The van der Waals surface area contributed by atoms with E-state index in [1.807, 2.05) is 23.6 Å². The average Bonchev–Trinajstić information content (AvgIpc) is 3.32. The van der Waals surface area contributed by atoms with Gasteiger partial charge in [-0.3, -0.25) is 9.59 Å². The van der Waals surface area contributed by atoms with E-state index < -0.39 is 0 Å². The number of anilines is 2. The number of amides is 2. The van der Waals surface area contributed by atoms with Crippen LogP contribution in [0.4, 0.5) is 11.4 Å². The SMILES string of the molecule is COc1cc(CCC(=O)Nc2cccc(NC(=O)c3cccs3)c2)cc(OC)c1OC. The summed E-state index contributed by atoms with van der Waals surface area (Å²) in [5, 5.41) is 7.54. The quantitative estimate of drug-likeness (QED) is 0.508. The molecule has 2 amide bonds. The third kappa shape index (κ3) is 5.76. The van der Waals surface area contributed by atoms with E-state index in [1.165, 1.54) is 11.3 Å². The maximum absolute atomic E-state index is 12.5. The second-order valence-corrected chi connectivity index (χ2v) is 7.54. The molecule has 0 atom stereocenters. The van der Waals surface area contributed by atoms with Crippen LogP contribution in [0.15, 0.2) is 53.9 Å². The van der Waals surface area contributed by atoms with Crippen LogP contribution in [0.25, 0.3) is 0 Å². The summed E-state index contributed by atoms with van der Waals surface area (Å²) in [5.74, 6) is 1.29. The van der Waals surface area contributed by atoms with Crippen molar-refractivity contribution < 1.29 is 23.8 Å². The number of methoxy groups -OCH3 is 3. The van der Waals surface area contributed by atoms with E-state index in [9.17, 15) is 9.59 Å². The van der Waals surface area contributed by atoms with Gasteiger partial charge in [0.1, 0.15) is 0 Å². The summed E-state index contributed by atoms with van der Waals surface area (Å²) >= 11 is 1.37. The molecule has 0 aliphatic carbocycles. The number of thiophene rings is 1. The lowest BCUT2D eigenvalue weighted by Gasteiger charge is -2.14. The summed E-state index contributed by atoms with van der Waals surface area (Å²) in [4.78, 5) is 25.3. The van der Waals surface area contributed by atoms with Gasteiger partial charge in [0.25, 0.3) is 5.91 Å². The topological polar surface area (TPSA) is 85.9 Å². The fourth-order valence-electron chi connectivity index (χ4n) is 3.04. The smallest absolute Gasteiger partial charge is 0.265 e. The lowest BCUT2D eigenvalue weighted by molar-refractivity contribution is -0.116. The van der Waals surface area contributed by atoms with Crippen molar-refractivity contribution in [1.82, 2.24) is 0 Å². The normalized spacial score (nSPS) is 10.3. The van der Waals surface area contributed by atoms with E-state index in [0.29, 0.717) is 39.9 Å². The Morgan fingerprint density at radius 3 is 2.13 bits per heavy atom. The Morgan fingerprint density at radius 2 is 1.55 bits per heavy atom. The second-order valence-electron chi connectivity index (χ2n) is 6.59. The number of rotatable bonds is 9. The molecule has 0 bridgehead atoms. The largest absolute Gasteiger partial charge is 0.493 e. The van der Waals surface area contributed by atoms with Crippen LogP contribution in [-0.4, -0.2) is 33.1 Å². The molecule has 7 nitrogen and oxygen atoms in total. The fourth-order valence-corrected chi connectivity index (χ4v) is 3.66. The van der Waals surface area contributed by atoms with Crippen molar-refractivity contribution in [3.8, 4) is 17.2 Å². The predicted molar refractivity (Wildman–Crippen MR) is 122 cm³/mol. The van der Waals surface area contributed by atoms with E-state index >= 15 is 0 Å². The van der Waals surface area contributed by atoms with Gasteiger partial charge < -0.3 is 24.8 Å². The summed E-state index contributed by atoms with van der Waals surface area (Å²) in [5.41, 5.74) is 2.11. The number of carbonyl (C=O) groups excluding carboxylic acids is 2. The molecule has 162 valence electrons. The fraction of sp³-hybridized carbons (Fsp3) is 0.217. The zero-order chi connectivity index (χ0) is 22.2. The molecule has 0 saturated carbocycles. The maximum Gasteiger partial charge on any atom is 0.265 e. The van der Waals surface area contributed by atoms with Gasteiger partial charge in [-0.05, 0) is 53.8 Å². The minimum Gasteiger partial charge on any atom is -0.493 e. The monoisotopic (exact) mass is 440 g/mol. The van der Waals surface area contributed by atoms with E-state index in [1.54, 1.807) is 51.7 Å². The molecular formula is C23H24N2O5S. The molecule has 8 heteroatoms. The van der Waals surface area contributed by atoms with Crippen molar-refractivity contribution in [2.24, 2.45) is 0 Å². The van der Waals surface area contributed by atoms with Crippen LogP contribution in [0.3, 0.4) is 0 Å². The number of ether oxygens (including phenoxy) is 3. The molecular weight excluding hydrogens is 416 g/mol. The van der Waals surface area contributed by atoms with Gasteiger partial charge in [-0.25, -0.2) is 0 Å². The first kappa shape index (κ1) is 22.2. The molecule has 0 spiro atoms. The highest BCUT2D eigenvalue weighted by molar-refractivity contribution is 7.12. The van der Waals surface area contributed by atoms with Crippen LogP contribution in [0.2, 0.25) is 0 Å². The zero-order valence-corrected chi connectivity index (χ0v) is 18.4. The Balaban J connectivity index is 1.61. The van der Waals surface area contributed by atoms with Crippen LogP contribution in [0.5, 0.6) is 17.2 Å². The van der Waals surface area contributed by atoms with E-state index in [4.69, 9.17) is 14.2 Å². The number of benzene rings is 2. The predicted octanol–water partition coefficient (Wildman–Crippen LogP) is 4.60. The maximum atomic E-state index is 12.5. The highest BCUT2D eigenvalue weighted by Crippen LogP contribution is 2.38. The molecule has 0 radical (unpaired) electrons. The molecule has 2 N–H and O–H groups in total. The summed E-state index contributed by atoms with van der Waals surface area (Å²) in [6.45, 7) is 0. The lowest BCUT2D eigenvalue weighted by atomic mass is 10.1. The Hall–Kier alpha value is -3.52. The molecule has 31 heavy (non-hydrogen) atoms. The number of nitrogens with one attached hydrogen (secondary N) is 2. The molecule has 1 heterocycles. The zero-order valence-electron chi connectivity index (χ0n) is 17.6. The Labute approximate surface area is 185 Å². The third-order valence-corrected chi connectivity index (χ3v) is 5.38. The second kappa shape index (κ2) is 10.5. The standard InChI is InChI=1S/C23H24N2O5S/c1-28-18-12-15(13-19(29-2)22(18)30-3)9-10-21(26)24-16-6-4-7-17(14-16)25-23(27)20-8-5-11-31-20/h4-8,11-14H,9-10H2,1-3H3,(H,24,26)(H,25,27). The molecule has 1 aromatic heterocycles. The molecule has 0 fully saturated rings. The van der Waals surface area contributed by atoms with Crippen molar-refractivity contribution in [2.45, 2.75) is 12.8 Å². The minimum absolute atomic E-state index is 0.143. The molecule has 0 aliphatic heterocycles. The van der Waals surface area contributed by atoms with E-state index in [-0.39, 0.29) is 18.2 Å². The van der Waals surface area contributed by atoms with Crippen LogP contribution < -0.4 is 24.8 Å². The van der Waals surface area contributed by atoms with Crippen LogP contribution in [0, 0.1) is 0 Å². The van der Waals surface area contributed by atoms with Gasteiger partial charge in [-0.2, -0.15) is 0 Å². The molecule has 0 aliphatic rings. The van der Waals surface area contributed by atoms with Crippen LogP contribution in [-0.2, 0) is 11.2 Å². The molecule has 2 aromatic carbocycles. The van der Waals surface area contributed by atoms with Crippen molar-refractivity contribution >= 4 is 34.5 Å². The first-order chi connectivity index (χ1) is 15.0. The molecule has 0 unspecified atom stereocenters. The first-order valence-electron chi connectivity index (χ1n) is 9.57. The summed E-state index contributed by atoms with van der Waals surface area (Å²) in [7, 11) is 4.65. The summed E-state index contributed by atoms with van der Waals surface area (Å²) in [6, 6.07) is 14.3. The average molecular weight is 441 g/mol. The van der Waals surface area contributed by atoms with Crippen LogP contribution in [0.1, 0.15) is 21.7 Å².